The van der Waals surface area contributed by atoms with Crippen LogP contribution in [0.1, 0.15) is 6.23 Å². The number of anilines is 1. The molecule has 4 rings (SSSR count). The van der Waals surface area contributed by atoms with Crippen molar-refractivity contribution in [2.24, 2.45) is 0 Å². The van der Waals surface area contributed by atoms with E-state index in [-0.39, 0.29) is 19.0 Å². The lowest BCUT2D eigenvalue weighted by atomic mass is 10.0. The molecule has 4 atom stereocenters. The van der Waals surface area contributed by atoms with Gasteiger partial charge in [-0.15, -0.1) is 0 Å². The minimum absolute atomic E-state index is 0.146. The van der Waals surface area contributed by atoms with Gasteiger partial charge in [-0.25, -0.2) is 15.0 Å². The molecule has 2 aliphatic rings. The van der Waals surface area contributed by atoms with Crippen LogP contribution in [0.3, 0.4) is 0 Å². The van der Waals surface area contributed by atoms with Crippen molar-refractivity contribution >= 4 is 32.9 Å². The molecule has 2 fully saturated rings. The van der Waals surface area contributed by atoms with E-state index in [4.69, 9.17) is 15.2 Å². The fourth-order valence-corrected chi connectivity index (χ4v) is 3.41. The zero-order valence-corrected chi connectivity index (χ0v) is 12.3. The van der Waals surface area contributed by atoms with Gasteiger partial charge in [-0.3, -0.25) is 4.57 Å². The molecule has 2 saturated heterocycles. The highest BCUT2D eigenvalue weighted by molar-refractivity contribution is 9.10. The monoisotopic (exact) mass is 357 g/mol. The minimum atomic E-state index is -1.11. The molecular formula is C11H12BrN5O4. The van der Waals surface area contributed by atoms with Gasteiger partial charge in [-0.05, 0) is 15.9 Å². The first-order chi connectivity index (χ1) is 10.1. The number of imidazole rings is 1. The van der Waals surface area contributed by atoms with Crippen molar-refractivity contribution in [3.05, 3.63) is 11.1 Å². The predicted molar refractivity (Wildman–Crippen MR) is 73.1 cm³/mol. The maximum absolute atomic E-state index is 10.2. The van der Waals surface area contributed by atoms with Gasteiger partial charge >= 0.3 is 0 Å². The Balaban J connectivity index is 1.86. The summed E-state index contributed by atoms with van der Waals surface area (Å²) in [5.74, 6) is 0.251. The van der Waals surface area contributed by atoms with Gasteiger partial charge in [-0.1, -0.05) is 0 Å². The van der Waals surface area contributed by atoms with Crippen LogP contribution < -0.4 is 5.73 Å². The van der Waals surface area contributed by atoms with Gasteiger partial charge in [0.25, 0.3) is 0 Å². The van der Waals surface area contributed by atoms with Crippen LogP contribution >= 0.6 is 15.9 Å². The van der Waals surface area contributed by atoms with Crippen LogP contribution in [0, 0.1) is 0 Å². The van der Waals surface area contributed by atoms with E-state index in [1.165, 1.54) is 6.33 Å². The molecule has 4 N–H and O–H groups in total. The first kappa shape index (κ1) is 13.3. The van der Waals surface area contributed by atoms with Crippen molar-refractivity contribution in [1.82, 2.24) is 19.5 Å². The number of aliphatic hydroxyl groups excluding tert-OH is 2. The summed E-state index contributed by atoms with van der Waals surface area (Å²) >= 11 is 3.33. The summed E-state index contributed by atoms with van der Waals surface area (Å²) < 4.78 is 13.5. The van der Waals surface area contributed by atoms with Gasteiger partial charge in [0.2, 0.25) is 0 Å². The molecule has 0 saturated carbocycles. The molecule has 1 unspecified atom stereocenters. The third-order valence-electron chi connectivity index (χ3n) is 3.99. The van der Waals surface area contributed by atoms with Crippen LogP contribution in [0.25, 0.3) is 11.2 Å². The molecule has 10 heteroatoms. The van der Waals surface area contributed by atoms with Crippen molar-refractivity contribution in [3.63, 3.8) is 0 Å². The molecule has 2 aromatic heterocycles. The summed E-state index contributed by atoms with van der Waals surface area (Å²) in [4.78, 5) is 12.3. The van der Waals surface area contributed by atoms with Gasteiger partial charge in [0, 0.05) is 0 Å². The fraction of sp³-hybridized carbons (Fsp3) is 0.545. The number of hydrogen-bond donors (Lipinski definition) is 3. The molecule has 0 amide bonds. The van der Waals surface area contributed by atoms with E-state index in [2.05, 4.69) is 30.9 Å². The quantitative estimate of drug-likeness (QED) is 0.595. The van der Waals surface area contributed by atoms with E-state index in [0.717, 1.165) is 0 Å². The molecule has 2 aromatic rings. The first-order valence-electron chi connectivity index (χ1n) is 6.29. The van der Waals surface area contributed by atoms with Gasteiger partial charge in [0.1, 0.15) is 24.1 Å². The number of rotatable bonds is 2. The van der Waals surface area contributed by atoms with Crippen LogP contribution in [-0.4, -0.2) is 60.8 Å². The number of aromatic nitrogens is 4. The molecule has 2 aliphatic heterocycles. The summed E-state index contributed by atoms with van der Waals surface area (Å²) in [5, 5.41) is 19.8. The van der Waals surface area contributed by atoms with Crippen LogP contribution in [0.2, 0.25) is 0 Å². The van der Waals surface area contributed by atoms with Gasteiger partial charge < -0.3 is 25.4 Å². The molecule has 21 heavy (non-hydrogen) atoms. The van der Waals surface area contributed by atoms with Crippen molar-refractivity contribution in [2.75, 3.05) is 18.9 Å². The van der Waals surface area contributed by atoms with Crippen LogP contribution in [-0.2, 0) is 9.47 Å². The third-order valence-corrected chi connectivity index (χ3v) is 4.55. The standard InChI is InChI=1S/C11H12BrN5O4/c12-10-16-4-7(13)14-3-15-8(4)17(10)9-5-6(19)11(1-18,21-9)2-20-5/h3,5-6,9,18-19H,1-2H2,(H2,13,14,15)/t5-,6?,9+,11-/m0/s1. The third kappa shape index (κ3) is 1.62. The molecule has 0 aromatic carbocycles. The smallest absolute Gasteiger partial charge is 0.181 e. The maximum Gasteiger partial charge on any atom is 0.181 e. The summed E-state index contributed by atoms with van der Waals surface area (Å²) in [6.07, 6.45) is -0.859. The number of nitrogen functional groups attached to an aromatic ring is 1. The normalized spacial score (nSPS) is 34.9. The lowest BCUT2D eigenvalue weighted by molar-refractivity contribution is -0.186. The number of nitrogens with two attached hydrogens (primary N) is 1. The second-order valence-electron chi connectivity index (χ2n) is 5.13. The minimum Gasteiger partial charge on any atom is -0.393 e. The predicted octanol–water partition coefficient (Wildman–Crippen LogP) is -0.809. The first-order valence-corrected chi connectivity index (χ1v) is 7.09. The Bertz CT molecular complexity index is 724. The van der Waals surface area contributed by atoms with Crippen LogP contribution in [0.5, 0.6) is 0 Å². The summed E-state index contributed by atoms with van der Waals surface area (Å²) in [6, 6.07) is 0. The van der Waals surface area contributed by atoms with E-state index >= 15 is 0 Å². The van der Waals surface area contributed by atoms with E-state index in [1.54, 1.807) is 4.57 Å². The number of ether oxygens (including phenoxy) is 2. The largest absolute Gasteiger partial charge is 0.393 e. The maximum atomic E-state index is 10.2. The Hall–Kier alpha value is -1.33. The molecule has 0 aliphatic carbocycles. The van der Waals surface area contributed by atoms with Crippen molar-refractivity contribution in [3.8, 4) is 0 Å². The zero-order chi connectivity index (χ0) is 14.8. The summed E-state index contributed by atoms with van der Waals surface area (Å²) in [5.41, 5.74) is 5.58. The Morgan fingerprint density at radius 2 is 2.33 bits per heavy atom. The van der Waals surface area contributed by atoms with E-state index in [9.17, 15) is 10.2 Å². The number of hydrogen-bond acceptors (Lipinski definition) is 8. The van der Waals surface area contributed by atoms with Gasteiger partial charge in [-0.2, -0.15) is 0 Å². The van der Waals surface area contributed by atoms with Crippen LogP contribution in [0.15, 0.2) is 11.1 Å². The van der Waals surface area contributed by atoms with Crippen molar-refractivity contribution in [1.29, 1.82) is 0 Å². The highest BCUT2D eigenvalue weighted by Crippen LogP contribution is 2.46. The lowest BCUT2D eigenvalue weighted by Crippen LogP contribution is -2.44. The highest BCUT2D eigenvalue weighted by atomic mass is 79.9. The average Bonchev–Trinajstić information content (AvgIpc) is 3.07. The van der Waals surface area contributed by atoms with Crippen molar-refractivity contribution < 1.29 is 19.7 Å². The Labute approximate surface area is 126 Å². The van der Waals surface area contributed by atoms with E-state index in [1.807, 2.05) is 0 Å². The van der Waals surface area contributed by atoms with Gasteiger partial charge in [0.05, 0.1) is 13.2 Å². The van der Waals surface area contributed by atoms with E-state index < -0.39 is 24.0 Å². The molecule has 9 nitrogen and oxygen atoms in total. The number of nitrogens with zero attached hydrogens (tertiary/aromatic N) is 4. The average molecular weight is 358 g/mol. The Morgan fingerprint density at radius 1 is 1.52 bits per heavy atom. The molecule has 0 radical (unpaired) electrons. The van der Waals surface area contributed by atoms with Crippen LogP contribution in [0.4, 0.5) is 5.82 Å². The second kappa shape index (κ2) is 4.34. The molecule has 4 heterocycles. The second-order valence-corrected chi connectivity index (χ2v) is 5.84. The topological polar surface area (TPSA) is 129 Å². The number of fused-ring (bicyclic) bond motifs is 3. The molecule has 0 spiro atoms. The Morgan fingerprint density at radius 3 is 3.05 bits per heavy atom. The Kier molecular flexibility index (Phi) is 2.75. The van der Waals surface area contributed by atoms with Crippen molar-refractivity contribution in [2.45, 2.75) is 24.0 Å². The summed E-state index contributed by atoms with van der Waals surface area (Å²) in [7, 11) is 0. The SMILES string of the molecule is Nc1ncnc2c1nc(Br)n2[C@@H]1O[C@@]2(CO)CO[C@H]1C2O. The molecule has 112 valence electrons. The summed E-state index contributed by atoms with van der Waals surface area (Å²) in [6.45, 7) is -0.185. The fourth-order valence-electron chi connectivity index (χ4n) is 2.86. The molecule has 2 bridgehead atoms. The number of aliphatic hydroxyl groups is 2. The lowest BCUT2D eigenvalue weighted by Gasteiger charge is -2.29. The zero-order valence-electron chi connectivity index (χ0n) is 10.7. The number of halogens is 1. The van der Waals surface area contributed by atoms with E-state index in [0.29, 0.717) is 15.9 Å². The highest BCUT2D eigenvalue weighted by Gasteiger charge is 2.62. The molecular weight excluding hydrogens is 346 g/mol. The van der Waals surface area contributed by atoms with Gasteiger partial charge in [0.15, 0.2) is 27.9 Å².